The number of benzene rings is 1. The summed E-state index contributed by atoms with van der Waals surface area (Å²) >= 11 is 0. The van der Waals surface area contributed by atoms with Crippen LogP contribution in [0.5, 0.6) is 0 Å². The van der Waals surface area contributed by atoms with Crippen molar-refractivity contribution in [3.8, 4) is 0 Å². The van der Waals surface area contributed by atoms with Crippen LogP contribution in [0.15, 0.2) is 83.4 Å². The van der Waals surface area contributed by atoms with E-state index in [0.717, 1.165) is 5.56 Å². The Hall–Kier alpha value is -3.67. The van der Waals surface area contributed by atoms with E-state index in [1.165, 1.54) is 12.3 Å². The van der Waals surface area contributed by atoms with E-state index >= 15 is 0 Å². The molecule has 0 aliphatic rings. The van der Waals surface area contributed by atoms with Gasteiger partial charge in [0.1, 0.15) is 11.5 Å². The van der Waals surface area contributed by atoms with Crippen molar-refractivity contribution in [2.45, 2.75) is 6.54 Å². The van der Waals surface area contributed by atoms with Gasteiger partial charge in [0.25, 0.3) is 11.8 Å². The molecule has 2 N–H and O–H groups in total. The summed E-state index contributed by atoms with van der Waals surface area (Å²) in [6, 6.07) is 15.7. The molecule has 0 atom stereocenters. The Bertz CT molecular complexity index is 889. The summed E-state index contributed by atoms with van der Waals surface area (Å²) in [7, 11) is 0. The Morgan fingerprint density at radius 3 is 2.58 bits per heavy atom. The van der Waals surface area contributed by atoms with Gasteiger partial charge in [-0.05, 0) is 35.9 Å². The summed E-state index contributed by atoms with van der Waals surface area (Å²) in [5.74, 6) is -0.334. The number of amides is 2. The summed E-state index contributed by atoms with van der Waals surface area (Å²) in [5.41, 5.74) is 1.41. The maximum absolute atomic E-state index is 12.6. The van der Waals surface area contributed by atoms with Crippen molar-refractivity contribution in [3.05, 3.63) is 95.8 Å². The van der Waals surface area contributed by atoms with E-state index in [1.807, 2.05) is 12.1 Å². The minimum absolute atomic E-state index is 0.0951. The van der Waals surface area contributed by atoms with Crippen LogP contribution in [0.2, 0.25) is 0 Å². The number of hydrogen-bond acceptors (Lipinski definition) is 4. The van der Waals surface area contributed by atoms with Gasteiger partial charge in [0.05, 0.1) is 6.26 Å². The Kier molecular flexibility index (Phi) is 5.57. The van der Waals surface area contributed by atoms with Gasteiger partial charge >= 0.3 is 0 Å². The number of carbonyl (C=O) groups excluding carboxylic acids is 2. The number of aromatic nitrogens is 1. The number of nitrogens with zero attached hydrogens (tertiary/aromatic N) is 1. The van der Waals surface area contributed by atoms with Crippen molar-refractivity contribution >= 4 is 17.9 Å². The molecule has 0 saturated carbocycles. The van der Waals surface area contributed by atoms with Gasteiger partial charge in [-0.2, -0.15) is 0 Å². The molecule has 3 aromatic rings. The number of hydrogen-bond donors (Lipinski definition) is 2. The van der Waals surface area contributed by atoms with Crippen LogP contribution in [0.3, 0.4) is 0 Å². The minimum atomic E-state index is -0.422. The van der Waals surface area contributed by atoms with Crippen molar-refractivity contribution in [3.63, 3.8) is 0 Å². The minimum Gasteiger partial charge on any atom is -0.465 e. The van der Waals surface area contributed by atoms with Gasteiger partial charge in [-0.3, -0.25) is 14.6 Å². The Balaban J connectivity index is 1.75. The van der Waals surface area contributed by atoms with Crippen LogP contribution in [-0.2, 0) is 11.3 Å². The zero-order valence-electron chi connectivity index (χ0n) is 13.9. The average molecular weight is 347 g/mol. The number of pyridine rings is 1. The molecular weight excluding hydrogens is 330 g/mol. The van der Waals surface area contributed by atoms with Crippen molar-refractivity contribution in [2.24, 2.45) is 0 Å². The molecule has 0 saturated heterocycles. The zero-order valence-corrected chi connectivity index (χ0v) is 13.9. The van der Waals surface area contributed by atoms with Crippen LogP contribution in [0.25, 0.3) is 6.08 Å². The highest BCUT2D eigenvalue weighted by Crippen LogP contribution is 2.08. The van der Waals surface area contributed by atoms with Crippen molar-refractivity contribution in [1.82, 2.24) is 15.6 Å². The summed E-state index contributed by atoms with van der Waals surface area (Å²) in [6.07, 6.45) is 6.31. The molecule has 0 spiro atoms. The lowest BCUT2D eigenvalue weighted by molar-refractivity contribution is -0.117. The van der Waals surface area contributed by atoms with E-state index < -0.39 is 5.91 Å². The van der Waals surface area contributed by atoms with Gasteiger partial charge in [0, 0.05) is 30.6 Å². The third-order valence-corrected chi connectivity index (χ3v) is 3.53. The first-order valence-corrected chi connectivity index (χ1v) is 8.01. The van der Waals surface area contributed by atoms with Crippen LogP contribution in [0.1, 0.15) is 21.7 Å². The summed E-state index contributed by atoms with van der Waals surface area (Å²) in [6.45, 7) is 0.295. The van der Waals surface area contributed by atoms with Crippen molar-refractivity contribution < 1.29 is 14.0 Å². The molecule has 6 heteroatoms. The fourth-order valence-electron chi connectivity index (χ4n) is 2.24. The molecule has 0 aliphatic carbocycles. The van der Waals surface area contributed by atoms with Crippen molar-refractivity contribution in [2.75, 3.05) is 0 Å². The molecule has 0 aliphatic heterocycles. The van der Waals surface area contributed by atoms with Crippen LogP contribution >= 0.6 is 0 Å². The lowest BCUT2D eigenvalue weighted by Gasteiger charge is -2.10. The molecule has 2 amide bonds. The zero-order chi connectivity index (χ0) is 18.2. The maximum atomic E-state index is 12.6. The van der Waals surface area contributed by atoms with Gasteiger partial charge in [-0.15, -0.1) is 0 Å². The topological polar surface area (TPSA) is 84.2 Å². The largest absolute Gasteiger partial charge is 0.465 e. The number of nitrogens with one attached hydrogen (secondary N) is 2. The smallest absolute Gasteiger partial charge is 0.268 e. The molecule has 130 valence electrons. The molecule has 6 nitrogen and oxygen atoms in total. The van der Waals surface area contributed by atoms with E-state index in [0.29, 0.717) is 17.9 Å². The molecule has 2 heterocycles. The molecule has 3 rings (SSSR count). The van der Waals surface area contributed by atoms with Crippen LogP contribution in [-0.4, -0.2) is 16.8 Å². The molecule has 26 heavy (non-hydrogen) atoms. The second-order valence-corrected chi connectivity index (χ2v) is 5.44. The van der Waals surface area contributed by atoms with E-state index in [1.54, 1.807) is 54.9 Å². The van der Waals surface area contributed by atoms with E-state index in [2.05, 4.69) is 15.6 Å². The molecule has 0 fully saturated rings. The second kappa shape index (κ2) is 8.43. The van der Waals surface area contributed by atoms with E-state index in [-0.39, 0.29) is 11.6 Å². The number of carbonyl (C=O) groups is 2. The predicted octanol–water partition coefficient (Wildman–Crippen LogP) is 2.76. The first-order valence-electron chi connectivity index (χ1n) is 8.01. The summed E-state index contributed by atoms with van der Waals surface area (Å²) in [4.78, 5) is 28.9. The molecule has 0 bridgehead atoms. The lowest BCUT2D eigenvalue weighted by Crippen LogP contribution is -2.34. The molecule has 0 radical (unpaired) electrons. The normalized spacial score (nSPS) is 11.0. The summed E-state index contributed by atoms with van der Waals surface area (Å²) in [5, 5.41) is 5.41. The SMILES string of the molecule is O=C(NCc1cccnc1)/C(=C\c1ccco1)NC(=O)c1ccccc1. The Morgan fingerprint density at radius 1 is 1.04 bits per heavy atom. The predicted molar refractivity (Wildman–Crippen MR) is 96.7 cm³/mol. The first kappa shape index (κ1) is 17.2. The molecule has 2 aromatic heterocycles. The van der Waals surface area contributed by atoms with E-state index in [4.69, 9.17) is 4.42 Å². The van der Waals surface area contributed by atoms with Gasteiger partial charge in [0.15, 0.2) is 0 Å². The third kappa shape index (κ3) is 4.67. The fraction of sp³-hybridized carbons (Fsp3) is 0.0500. The van der Waals surface area contributed by atoms with Gasteiger partial charge in [-0.25, -0.2) is 0 Å². The standard InChI is InChI=1S/C20H17N3O3/c24-19(16-7-2-1-3-8-16)23-18(12-17-9-5-11-26-17)20(25)22-14-15-6-4-10-21-13-15/h1-13H,14H2,(H,22,25)(H,23,24)/b18-12+. The Morgan fingerprint density at radius 2 is 1.88 bits per heavy atom. The molecule has 1 aromatic carbocycles. The van der Waals surface area contributed by atoms with Gasteiger partial charge in [-0.1, -0.05) is 24.3 Å². The maximum Gasteiger partial charge on any atom is 0.268 e. The highest BCUT2D eigenvalue weighted by Gasteiger charge is 2.15. The van der Waals surface area contributed by atoms with Crippen LogP contribution in [0.4, 0.5) is 0 Å². The van der Waals surface area contributed by atoms with Gasteiger partial charge in [0.2, 0.25) is 0 Å². The highest BCUT2D eigenvalue weighted by atomic mass is 16.3. The Labute approximate surface area is 150 Å². The summed E-state index contributed by atoms with van der Waals surface area (Å²) < 4.78 is 5.25. The number of rotatable bonds is 6. The first-order chi connectivity index (χ1) is 12.7. The fourth-order valence-corrected chi connectivity index (χ4v) is 2.24. The van der Waals surface area contributed by atoms with E-state index in [9.17, 15) is 9.59 Å². The average Bonchev–Trinajstić information content (AvgIpc) is 3.20. The third-order valence-electron chi connectivity index (χ3n) is 3.53. The highest BCUT2D eigenvalue weighted by molar-refractivity contribution is 6.05. The van der Waals surface area contributed by atoms with Crippen molar-refractivity contribution in [1.29, 1.82) is 0 Å². The quantitative estimate of drug-likeness (QED) is 0.672. The van der Waals surface area contributed by atoms with Crippen LogP contribution in [0, 0.1) is 0 Å². The molecular formula is C20H17N3O3. The van der Waals surface area contributed by atoms with Crippen LogP contribution < -0.4 is 10.6 Å². The monoisotopic (exact) mass is 347 g/mol. The second-order valence-electron chi connectivity index (χ2n) is 5.44. The lowest BCUT2D eigenvalue weighted by atomic mass is 10.2. The number of furan rings is 1. The molecule has 0 unspecified atom stereocenters. The van der Waals surface area contributed by atoms with Gasteiger partial charge < -0.3 is 15.1 Å².